The second-order valence-electron chi connectivity index (χ2n) is 4.57. The number of hydrogen-bond acceptors (Lipinski definition) is 4. The molecular formula is C13H14N4. The van der Waals surface area contributed by atoms with E-state index in [-0.39, 0.29) is 0 Å². The average Bonchev–Trinajstić information content (AvgIpc) is 2.36. The molecule has 3 rings (SSSR count). The molecule has 1 saturated carbocycles. The first-order valence-corrected chi connectivity index (χ1v) is 6.01. The lowest BCUT2D eigenvalue weighted by molar-refractivity contribution is 0.314. The Morgan fingerprint density at radius 2 is 1.71 bits per heavy atom. The molecule has 1 fully saturated rings. The summed E-state index contributed by atoms with van der Waals surface area (Å²) in [6, 6.07) is 8.41. The summed E-state index contributed by atoms with van der Waals surface area (Å²) in [7, 11) is 0. The van der Waals surface area contributed by atoms with Crippen molar-refractivity contribution in [3.63, 3.8) is 0 Å². The van der Waals surface area contributed by atoms with E-state index < -0.39 is 0 Å². The molecule has 1 heterocycles. The summed E-state index contributed by atoms with van der Waals surface area (Å²) >= 11 is 0. The van der Waals surface area contributed by atoms with Crippen LogP contribution in [0.5, 0.6) is 0 Å². The van der Waals surface area contributed by atoms with E-state index in [2.05, 4.69) is 32.5 Å². The topological polar surface area (TPSA) is 51.6 Å². The highest BCUT2D eigenvalue weighted by Crippen LogP contribution is 2.30. The van der Waals surface area contributed by atoms with Gasteiger partial charge in [-0.3, -0.25) is 0 Å². The molecule has 1 aromatic carbocycles. The molecule has 2 aromatic rings. The maximum Gasteiger partial charge on any atom is 0.203 e. The van der Waals surface area contributed by atoms with Crippen LogP contribution in [0.4, 0.5) is 0 Å². The van der Waals surface area contributed by atoms with Crippen LogP contribution < -0.4 is 0 Å². The van der Waals surface area contributed by atoms with Gasteiger partial charge in [0.05, 0.1) is 0 Å². The molecule has 0 N–H and O–H groups in total. The van der Waals surface area contributed by atoms with Crippen molar-refractivity contribution in [2.24, 2.45) is 5.92 Å². The molecule has 0 bridgehead atoms. The Labute approximate surface area is 100 Å². The average molecular weight is 226 g/mol. The molecular weight excluding hydrogens is 212 g/mol. The number of nitrogens with zero attached hydrogens (tertiary/aromatic N) is 4. The molecule has 0 spiro atoms. The Balaban J connectivity index is 1.75. The first kappa shape index (κ1) is 10.3. The summed E-state index contributed by atoms with van der Waals surface area (Å²) in [5.41, 5.74) is 2.37. The Kier molecular flexibility index (Phi) is 2.78. The van der Waals surface area contributed by atoms with Crippen LogP contribution >= 0.6 is 0 Å². The Hall–Kier alpha value is -1.84. The predicted molar refractivity (Wildman–Crippen MR) is 64.1 cm³/mol. The number of aromatic nitrogens is 4. The molecule has 0 radical (unpaired) electrons. The van der Waals surface area contributed by atoms with Crippen LogP contribution in [0.15, 0.2) is 30.6 Å². The van der Waals surface area contributed by atoms with Crippen LogP contribution in [0.25, 0.3) is 11.4 Å². The van der Waals surface area contributed by atoms with E-state index in [1.807, 2.05) is 12.1 Å². The van der Waals surface area contributed by atoms with Gasteiger partial charge in [-0.25, -0.2) is 0 Å². The van der Waals surface area contributed by atoms with E-state index in [0.717, 1.165) is 11.5 Å². The Bertz CT molecular complexity index is 477. The molecule has 0 amide bonds. The molecule has 0 atom stereocenters. The molecule has 17 heavy (non-hydrogen) atoms. The molecule has 0 saturated heterocycles. The zero-order valence-corrected chi connectivity index (χ0v) is 9.58. The van der Waals surface area contributed by atoms with Gasteiger partial charge >= 0.3 is 0 Å². The van der Waals surface area contributed by atoms with Gasteiger partial charge in [-0.05, 0) is 17.9 Å². The minimum Gasteiger partial charge on any atom is -0.135 e. The van der Waals surface area contributed by atoms with Crippen molar-refractivity contribution in [1.29, 1.82) is 0 Å². The maximum absolute atomic E-state index is 3.94. The van der Waals surface area contributed by atoms with Crippen molar-refractivity contribution in [2.45, 2.75) is 25.7 Å². The normalized spacial score (nSPS) is 15.5. The van der Waals surface area contributed by atoms with Crippen molar-refractivity contribution in [3.05, 3.63) is 36.2 Å². The highest BCUT2D eigenvalue weighted by molar-refractivity contribution is 5.53. The summed E-state index contributed by atoms with van der Waals surface area (Å²) in [6.45, 7) is 0. The lowest BCUT2D eigenvalue weighted by atomic mass is 9.81. The van der Waals surface area contributed by atoms with Gasteiger partial charge in [0.2, 0.25) is 5.82 Å². The van der Waals surface area contributed by atoms with Gasteiger partial charge in [0, 0.05) is 5.56 Å². The fourth-order valence-electron chi connectivity index (χ4n) is 2.14. The molecule has 1 aromatic heterocycles. The van der Waals surface area contributed by atoms with Crippen LogP contribution in [0.3, 0.4) is 0 Å². The predicted octanol–water partition coefficient (Wildman–Crippen LogP) is 2.28. The Morgan fingerprint density at radius 3 is 2.29 bits per heavy atom. The van der Waals surface area contributed by atoms with Gasteiger partial charge in [0.1, 0.15) is 0 Å². The molecule has 86 valence electrons. The highest BCUT2D eigenvalue weighted by Gasteiger charge is 2.17. The summed E-state index contributed by atoms with van der Waals surface area (Å²) in [5.74, 6) is 1.49. The van der Waals surface area contributed by atoms with Crippen molar-refractivity contribution < 1.29 is 0 Å². The number of rotatable bonds is 3. The smallest absolute Gasteiger partial charge is 0.135 e. The van der Waals surface area contributed by atoms with Crippen LogP contribution in [0.1, 0.15) is 24.8 Å². The minimum absolute atomic E-state index is 0.586. The van der Waals surface area contributed by atoms with Gasteiger partial charge < -0.3 is 0 Å². The zero-order valence-electron chi connectivity index (χ0n) is 9.58. The van der Waals surface area contributed by atoms with E-state index in [9.17, 15) is 0 Å². The van der Waals surface area contributed by atoms with Crippen molar-refractivity contribution in [3.8, 4) is 11.4 Å². The summed E-state index contributed by atoms with van der Waals surface area (Å²) < 4.78 is 0. The van der Waals surface area contributed by atoms with Gasteiger partial charge in [0.15, 0.2) is 6.33 Å². The third kappa shape index (κ3) is 2.30. The lowest BCUT2D eigenvalue weighted by Crippen LogP contribution is -2.13. The van der Waals surface area contributed by atoms with Crippen LogP contribution in [-0.2, 0) is 6.42 Å². The second kappa shape index (κ2) is 4.57. The second-order valence-corrected chi connectivity index (χ2v) is 4.57. The van der Waals surface area contributed by atoms with Crippen LogP contribution in [0, 0.1) is 5.92 Å². The van der Waals surface area contributed by atoms with E-state index >= 15 is 0 Å². The minimum atomic E-state index is 0.586. The SMILES string of the molecule is c1nnc(-c2ccc(CC3CCC3)cc2)nn1. The standard InChI is InChI=1S/C13H14N4/c1-2-10(3-1)8-11-4-6-12(7-5-11)13-16-14-9-15-17-13/h4-7,9-10H,1-3,8H2. The summed E-state index contributed by atoms with van der Waals surface area (Å²) in [4.78, 5) is 0. The highest BCUT2D eigenvalue weighted by atomic mass is 15.3. The summed E-state index contributed by atoms with van der Waals surface area (Å²) in [6.07, 6.45) is 6.72. The van der Waals surface area contributed by atoms with Gasteiger partial charge in [-0.2, -0.15) is 0 Å². The lowest BCUT2D eigenvalue weighted by Gasteiger charge is -2.25. The fourth-order valence-corrected chi connectivity index (χ4v) is 2.14. The van der Waals surface area contributed by atoms with Crippen molar-refractivity contribution in [1.82, 2.24) is 20.4 Å². The fraction of sp³-hybridized carbons (Fsp3) is 0.385. The van der Waals surface area contributed by atoms with E-state index in [1.165, 1.54) is 37.6 Å². The van der Waals surface area contributed by atoms with Gasteiger partial charge in [0.25, 0.3) is 0 Å². The van der Waals surface area contributed by atoms with E-state index in [1.54, 1.807) is 0 Å². The third-order valence-corrected chi connectivity index (χ3v) is 3.37. The molecule has 0 aliphatic heterocycles. The van der Waals surface area contributed by atoms with Crippen LogP contribution in [-0.4, -0.2) is 20.4 Å². The number of benzene rings is 1. The first-order valence-electron chi connectivity index (χ1n) is 6.01. The first-order chi connectivity index (χ1) is 8.42. The van der Waals surface area contributed by atoms with Crippen molar-refractivity contribution in [2.75, 3.05) is 0 Å². The summed E-state index contributed by atoms with van der Waals surface area (Å²) in [5, 5.41) is 15.3. The Morgan fingerprint density at radius 1 is 1.00 bits per heavy atom. The maximum atomic E-state index is 3.94. The van der Waals surface area contributed by atoms with E-state index in [0.29, 0.717) is 5.82 Å². The number of hydrogen-bond donors (Lipinski definition) is 0. The molecule has 0 unspecified atom stereocenters. The van der Waals surface area contributed by atoms with E-state index in [4.69, 9.17) is 0 Å². The monoisotopic (exact) mass is 226 g/mol. The zero-order chi connectivity index (χ0) is 11.5. The van der Waals surface area contributed by atoms with Crippen molar-refractivity contribution >= 4 is 0 Å². The van der Waals surface area contributed by atoms with Gasteiger partial charge in [-0.15, -0.1) is 20.4 Å². The van der Waals surface area contributed by atoms with Gasteiger partial charge in [-0.1, -0.05) is 43.5 Å². The third-order valence-electron chi connectivity index (χ3n) is 3.37. The quantitative estimate of drug-likeness (QED) is 0.805. The molecule has 4 nitrogen and oxygen atoms in total. The molecule has 1 aliphatic carbocycles. The molecule has 1 aliphatic rings. The molecule has 4 heteroatoms. The van der Waals surface area contributed by atoms with Crippen LogP contribution in [0.2, 0.25) is 0 Å². The largest absolute Gasteiger partial charge is 0.203 e.